The molecule has 3 nitrogen and oxygen atoms in total. The number of rotatable bonds is 5. The number of nitrogens with two attached hydrogens (primary N) is 1. The van der Waals surface area contributed by atoms with Gasteiger partial charge in [0, 0.05) is 4.47 Å². The van der Waals surface area contributed by atoms with E-state index < -0.39 is 0 Å². The van der Waals surface area contributed by atoms with Gasteiger partial charge in [-0.1, -0.05) is 38.3 Å². The van der Waals surface area contributed by atoms with Gasteiger partial charge in [0.2, 0.25) is 0 Å². The molecule has 1 aliphatic rings. The fourth-order valence-electron chi connectivity index (χ4n) is 2.36. The number of benzene rings is 1. The Morgan fingerprint density at radius 1 is 1.39 bits per heavy atom. The van der Waals surface area contributed by atoms with E-state index >= 15 is 0 Å². The molecule has 98 valence electrons. The number of nitrogens with zero attached hydrogens (tertiary/aromatic N) is 2. The fraction of sp³-hybridized carbons (Fsp3) is 0.500. The molecule has 0 spiro atoms. The lowest BCUT2D eigenvalue weighted by molar-refractivity contribution is 0.579. The molecule has 1 aromatic rings. The third-order valence-electron chi connectivity index (χ3n) is 3.33. The number of anilines is 1. The van der Waals surface area contributed by atoms with E-state index in [4.69, 9.17) is 5.73 Å². The molecule has 0 saturated heterocycles. The molecule has 1 aliphatic heterocycles. The summed E-state index contributed by atoms with van der Waals surface area (Å²) in [6.07, 6.45) is 4.92. The van der Waals surface area contributed by atoms with Crippen LogP contribution in [-0.2, 0) is 0 Å². The van der Waals surface area contributed by atoms with Crippen molar-refractivity contribution in [3.8, 4) is 0 Å². The van der Waals surface area contributed by atoms with Gasteiger partial charge in [-0.05, 0) is 34.5 Å². The van der Waals surface area contributed by atoms with Crippen LogP contribution in [0.2, 0.25) is 0 Å². The van der Waals surface area contributed by atoms with E-state index in [1.165, 1.54) is 19.3 Å². The van der Waals surface area contributed by atoms with Crippen LogP contribution in [0, 0.1) is 0 Å². The van der Waals surface area contributed by atoms with Gasteiger partial charge < -0.3 is 10.6 Å². The molecule has 0 amide bonds. The molecule has 0 aromatic heterocycles. The van der Waals surface area contributed by atoms with Gasteiger partial charge in [0.05, 0.1) is 18.3 Å². The summed E-state index contributed by atoms with van der Waals surface area (Å²) in [6.45, 7) is 3.04. The SMILES string of the molecule is CCCCCC1CN=C(N)N1c1ccccc1Br. The Hall–Kier alpha value is -1.03. The van der Waals surface area contributed by atoms with Crippen LogP contribution in [0.15, 0.2) is 33.7 Å². The van der Waals surface area contributed by atoms with Gasteiger partial charge >= 0.3 is 0 Å². The fourth-order valence-corrected chi connectivity index (χ4v) is 2.84. The van der Waals surface area contributed by atoms with Crippen molar-refractivity contribution in [1.82, 2.24) is 0 Å². The molecule has 1 unspecified atom stereocenters. The van der Waals surface area contributed by atoms with Gasteiger partial charge in [-0.25, -0.2) is 0 Å². The van der Waals surface area contributed by atoms with Crippen molar-refractivity contribution in [3.05, 3.63) is 28.7 Å². The normalized spacial score (nSPS) is 19.1. The van der Waals surface area contributed by atoms with Crippen molar-refractivity contribution >= 4 is 27.6 Å². The zero-order valence-corrected chi connectivity index (χ0v) is 12.4. The van der Waals surface area contributed by atoms with E-state index in [1.807, 2.05) is 18.2 Å². The highest BCUT2D eigenvalue weighted by Gasteiger charge is 2.27. The largest absolute Gasteiger partial charge is 0.370 e. The average Bonchev–Trinajstić information content (AvgIpc) is 2.72. The molecule has 0 radical (unpaired) electrons. The Kier molecular flexibility index (Phi) is 4.64. The van der Waals surface area contributed by atoms with Crippen LogP contribution in [0.5, 0.6) is 0 Å². The number of guanidine groups is 1. The van der Waals surface area contributed by atoms with Gasteiger partial charge in [-0.3, -0.25) is 4.99 Å². The number of hydrogen-bond acceptors (Lipinski definition) is 3. The number of para-hydroxylation sites is 1. The minimum absolute atomic E-state index is 0.412. The highest BCUT2D eigenvalue weighted by Crippen LogP contribution is 2.30. The Balaban J connectivity index is 2.12. The van der Waals surface area contributed by atoms with Crippen molar-refractivity contribution in [2.24, 2.45) is 10.7 Å². The van der Waals surface area contributed by atoms with Crippen LogP contribution in [0.3, 0.4) is 0 Å². The summed E-state index contributed by atoms with van der Waals surface area (Å²) >= 11 is 3.59. The minimum Gasteiger partial charge on any atom is -0.370 e. The average molecular weight is 310 g/mol. The first-order chi connectivity index (χ1) is 8.74. The Morgan fingerprint density at radius 2 is 2.17 bits per heavy atom. The second-order valence-corrected chi connectivity index (χ2v) is 5.52. The first-order valence-corrected chi connectivity index (χ1v) is 7.37. The standard InChI is InChI=1S/C14H20BrN3/c1-2-3-4-7-11-10-17-14(16)18(11)13-9-6-5-8-12(13)15/h5-6,8-9,11H,2-4,7,10H2,1H3,(H2,16,17). The molecule has 2 rings (SSSR count). The number of aliphatic imine (C=N–C) groups is 1. The van der Waals surface area contributed by atoms with Gasteiger partial charge in [0.25, 0.3) is 0 Å². The van der Waals surface area contributed by atoms with E-state index in [2.05, 4.69) is 38.8 Å². The molecule has 4 heteroatoms. The molecule has 0 fully saturated rings. The molecular formula is C14H20BrN3. The lowest BCUT2D eigenvalue weighted by atomic mass is 10.1. The smallest absolute Gasteiger partial charge is 0.196 e. The predicted octanol–water partition coefficient (Wildman–Crippen LogP) is 3.53. The summed E-state index contributed by atoms with van der Waals surface area (Å²) in [7, 11) is 0. The molecule has 1 aromatic carbocycles. The van der Waals surface area contributed by atoms with Crippen LogP contribution in [-0.4, -0.2) is 18.5 Å². The van der Waals surface area contributed by atoms with E-state index in [0.29, 0.717) is 12.0 Å². The van der Waals surface area contributed by atoms with Crippen LogP contribution in [0.25, 0.3) is 0 Å². The van der Waals surface area contributed by atoms with Crippen molar-refractivity contribution in [3.63, 3.8) is 0 Å². The lowest BCUT2D eigenvalue weighted by Gasteiger charge is -2.27. The highest BCUT2D eigenvalue weighted by molar-refractivity contribution is 9.10. The quantitative estimate of drug-likeness (QED) is 0.845. The number of hydrogen-bond donors (Lipinski definition) is 1. The molecule has 18 heavy (non-hydrogen) atoms. The Bertz CT molecular complexity index is 431. The molecule has 0 saturated carbocycles. The maximum absolute atomic E-state index is 6.03. The van der Waals surface area contributed by atoms with Crippen LogP contribution < -0.4 is 10.6 Å². The Labute approximate surface area is 117 Å². The van der Waals surface area contributed by atoms with Gasteiger partial charge in [-0.2, -0.15) is 0 Å². The maximum Gasteiger partial charge on any atom is 0.196 e. The monoisotopic (exact) mass is 309 g/mol. The zero-order valence-electron chi connectivity index (χ0n) is 10.8. The zero-order chi connectivity index (χ0) is 13.0. The molecule has 0 bridgehead atoms. The summed E-state index contributed by atoms with van der Waals surface area (Å²) in [6, 6.07) is 8.60. The summed E-state index contributed by atoms with van der Waals surface area (Å²) < 4.78 is 1.07. The van der Waals surface area contributed by atoms with E-state index in [0.717, 1.165) is 23.1 Å². The minimum atomic E-state index is 0.412. The second-order valence-electron chi connectivity index (χ2n) is 4.67. The molecule has 1 heterocycles. The van der Waals surface area contributed by atoms with Crippen molar-refractivity contribution in [2.75, 3.05) is 11.4 Å². The van der Waals surface area contributed by atoms with Crippen LogP contribution in [0.1, 0.15) is 32.6 Å². The third-order valence-corrected chi connectivity index (χ3v) is 4.00. The second kappa shape index (κ2) is 6.23. The summed E-state index contributed by atoms with van der Waals surface area (Å²) in [5.74, 6) is 0.642. The highest BCUT2D eigenvalue weighted by atomic mass is 79.9. The van der Waals surface area contributed by atoms with Crippen molar-refractivity contribution in [2.45, 2.75) is 38.6 Å². The third kappa shape index (κ3) is 2.86. The Morgan fingerprint density at radius 3 is 2.89 bits per heavy atom. The van der Waals surface area contributed by atoms with E-state index in [9.17, 15) is 0 Å². The van der Waals surface area contributed by atoms with E-state index in [1.54, 1.807) is 0 Å². The van der Waals surface area contributed by atoms with Crippen LogP contribution >= 0.6 is 15.9 Å². The first-order valence-electron chi connectivity index (χ1n) is 6.57. The summed E-state index contributed by atoms with van der Waals surface area (Å²) in [5, 5.41) is 0. The lowest BCUT2D eigenvalue weighted by Crippen LogP contribution is -2.41. The maximum atomic E-state index is 6.03. The first kappa shape index (κ1) is 13.4. The number of halogens is 1. The van der Waals surface area contributed by atoms with Crippen molar-refractivity contribution < 1.29 is 0 Å². The topological polar surface area (TPSA) is 41.6 Å². The molecular weight excluding hydrogens is 290 g/mol. The van der Waals surface area contributed by atoms with Crippen molar-refractivity contribution in [1.29, 1.82) is 0 Å². The van der Waals surface area contributed by atoms with Gasteiger partial charge in [0.15, 0.2) is 5.96 Å². The number of unbranched alkanes of at least 4 members (excludes halogenated alkanes) is 2. The summed E-state index contributed by atoms with van der Waals surface area (Å²) in [4.78, 5) is 6.56. The molecule has 0 aliphatic carbocycles. The molecule has 1 atom stereocenters. The summed E-state index contributed by atoms with van der Waals surface area (Å²) in [5.41, 5.74) is 7.15. The predicted molar refractivity (Wildman–Crippen MR) is 81.0 cm³/mol. The van der Waals surface area contributed by atoms with Gasteiger partial charge in [0.1, 0.15) is 0 Å². The van der Waals surface area contributed by atoms with Crippen LogP contribution in [0.4, 0.5) is 5.69 Å². The molecule has 2 N–H and O–H groups in total. The van der Waals surface area contributed by atoms with E-state index in [-0.39, 0.29) is 0 Å². The van der Waals surface area contributed by atoms with Gasteiger partial charge in [-0.15, -0.1) is 0 Å².